The lowest BCUT2D eigenvalue weighted by atomic mass is 10.1. The van der Waals surface area contributed by atoms with Gasteiger partial charge in [0.1, 0.15) is 17.1 Å². The molecule has 1 rings (SSSR count). The maximum absolute atomic E-state index is 10.7. The number of hydrogen-bond acceptors (Lipinski definition) is 2. The van der Waals surface area contributed by atoms with Crippen LogP contribution in [-0.4, -0.2) is 11.1 Å². The summed E-state index contributed by atoms with van der Waals surface area (Å²) in [4.78, 5) is 10.7. The van der Waals surface area contributed by atoms with Crippen LogP contribution in [0.25, 0.3) is 0 Å². The summed E-state index contributed by atoms with van der Waals surface area (Å²) in [5, 5.41) is 8.81. The molecule has 14 heavy (non-hydrogen) atoms. The van der Waals surface area contributed by atoms with E-state index in [-0.39, 0.29) is 11.5 Å². The maximum atomic E-state index is 10.7. The fraction of sp³-hybridized carbons (Fsp3) is 0.364. The van der Waals surface area contributed by atoms with Crippen LogP contribution in [0.3, 0.4) is 0 Å². The summed E-state index contributed by atoms with van der Waals surface area (Å²) in [6.45, 7) is 5.55. The van der Waals surface area contributed by atoms with E-state index in [0.29, 0.717) is 11.5 Å². The molecule has 3 heteroatoms. The van der Waals surface area contributed by atoms with Crippen LogP contribution >= 0.6 is 0 Å². The Morgan fingerprint density at radius 1 is 1.64 bits per heavy atom. The number of carboxylic acid groups (broad SMARTS) is 1. The van der Waals surface area contributed by atoms with Crippen molar-refractivity contribution in [2.75, 3.05) is 0 Å². The molecule has 0 amide bonds. The Kier molecular flexibility index (Phi) is 3.12. The fourth-order valence-corrected chi connectivity index (χ4v) is 1.33. The van der Waals surface area contributed by atoms with Crippen molar-refractivity contribution in [3.05, 3.63) is 35.3 Å². The van der Waals surface area contributed by atoms with Crippen LogP contribution in [0.2, 0.25) is 0 Å². The maximum Gasteiger partial charge on any atom is 0.339 e. The van der Waals surface area contributed by atoms with Gasteiger partial charge in [0.2, 0.25) is 0 Å². The highest BCUT2D eigenvalue weighted by Gasteiger charge is 2.15. The third kappa shape index (κ3) is 2.05. The monoisotopic (exact) mass is 194 g/mol. The van der Waals surface area contributed by atoms with Crippen molar-refractivity contribution in [3.63, 3.8) is 0 Å². The lowest BCUT2D eigenvalue weighted by molar-refractivity contribution is 0.0695. The quantitative estimate of drug-likeness (QED) is 0.752. The molecule has 0 spiro atoms. The summed E-state index contributed by atoms with van der Waals surface area (Å²) in [6.07, 6.45) is 3.88. The van der Waals surface area contributed by atoms with Crippen LogP contribution in [0.15, 0.2) is 22.6 Å². The van der Waals surface area contributed by atoms with Crippen molar-refractivity contribution >= 4 is 5.97 Å². The van der Waals surface area contributed by atoms with Gasteiger partial charge in [-0.1, -0.05) is 19.1 Å². The van der Waals surface area contributed by atoms with Crippen molar-refractivity contribution in [2.45, 2.75) is 26.7 Å². The average molecular weight is 194 g/mol. The number of hydrogen-bond donors (Lipinski definition) is 1. The van der Waals surface area contributed by atoms with E-state index < -0.39 is 5.97 Å². The number of furan rings is 1. The molecule has 1 aromatic heterocycles. The smallest absolute Gasteiger partial charge is 0.339 e. The molecule has 0 aliphatic rings. The number of aromatic carboxylic acids is 1. The summed E-state index contributed by atoms with van der Waals surface area (Å²) in [5.41, 5.74) is 0.247. The highest BCUT2D eigenvalue weighted by molar-refractivity contribution is 5.88. The molecule has 0 aromatic carbocycles. The minimum atomic E-state index is -0.940. The molecule has 1 atom stereocenters. The second-order valence-electron chi connectivity index (χ2n) is 3.24. The number of aryl methyl sites for hydroxylation is 1. The molecule has 0 saturated heterocycles. The Balaban J connectivity index is 3.02. The molecule has 3 nitrogen and oxygen atoms in total. The normalized spacial score (nSPS) is 13.4. The lowest BCUT2D eigenvalue weighted by Crippen LogP contribution is -1.95. The lowest BCUT2D eigenvalue weighted by Gasteiger charge is -1.99. The zero-order chi connectivity index (χ0) is 10.7. The largest absolute Gasteiger partial charge is 0.478 e. The van der Waals surface area contributed by atoms with E-state index in [9.17, 15) is 4.79 Å². The molecule has 1 unspecified atom stereocenters. The Morgan fingerprint density at radius 2 is 2.29 bits per heavy atom. The second kappa shape index (κ2) is 4.13. The van der Waals surface area contributed by atoms with E-state index in [0.717, 1.165) is 0 Å². The number of allylic oxidation sites excluding steroid dienone is 2. The number of carbonyl (C=O) groups is 1. The fourth-order valence-electron chi connectivity index (χ4n) is 1.33. The van der Waals surface area contributed by atoms with Gasteiger partial charge in [-0.3, -0.25) is 0 Å². The zero-order valence-electron chi connectivity index (χ0n) is 8.57. The zero-order valence-corrected chi connectivity index (χ0v) is 8.57. The molecule has 1 N–H and O–H groups in total. The molecule has 0 fully saturated rings. The first-order valence-electron chi connectivity index (χ1n) is 4.52. The Bertz CT molecular complexity index is 361. The molecule has 76 valence electrons. The number of carboxylic acids is 1. The topological polar surface area (TPSA) is 50.4 Å². The van der Waals surface area contributed by atoms with Crippen LogP contribution in [0.4, 0.5) is 0 Å². The van der Waals surface area contributed by atoms with Gasteiger partial charge in [-0.2, -0.15) is 0 Å². The minimum absolute atomic E-state index is 0.117. The Hall–Kier alpha value is -1.51. The summed E-state index contributed by atoms with van der Waals surface area (Å²) in [6, 6.07) is 1.59. The van der Waals surface area contributed by atoms with Gasteiger partial charge >= 0.3 is 5.97 Å². The van der Waals surface area contributed by atoms with Gasteiger partial charge < -0.3 is 9.52 Å². The van der Waals surface area contributed by atoms with Crippen molar-refractivity contribution in [1.29, 1.82) is 0 Å². The van der Waals surface area contributed by atoms with Crippen LogP contribution in [0, 0.1) is 6.92 Å². The van der Waals surface area contributed by atoms with Crippen molar-refractivity contribution < 1.29 is 14.3 Å². The molecule has 1 heterocycles. The van der Waals surface area contributed by atoms with Crippen LogP contribution < -0.4 is 0 Å². The van der Waals surface area contributed by atoms with Gasteiger partial charge in [-0.25, -0.2) is 4.79 Å². The van der Waals surface area contributed by atoms with E-state index in [2.05, 4.69) is 0 Å². The Morgan fingerprint density at radius 3 is 2.71 bits per heavy atom. The molecule has 1 aromatic rings. The van der Waals surface area contributed by atoms with E-state index in [1.54, 1.807) is 13.0 Å². The van der Waals surface area contributed by atoms with E-state index in [1.807, 2.05) is 26.0 Å². The van der Waals surface area contributed by atoms with Crippen molar-refractivity contribution in [2.24, 2.45) is 0 Å². The molecular formula is C11H14O3. The molecule has 0 bridgehead atoms. The third-order valence-electron chi connectivity index (χ3n) is 2.10. The predicted molar refractivity (Wildman–Crippen MR) is 53.6 cm³/mol. The SMILES string of the molecule is C/C=C\C(C)c1cc(C(=O)O)c(C)o1. The highest BCUT2D eigenvalue weighted by atomic mass is 16.4. The van der Waals surface area contributed by atoms with Gasteiger partial charge in [0.05, 0.1) is 0 Å². The number of rotatable bonds is 3. The van der Waals surface area contributed by atoms with E-state index in [1.165, 1.54) is 0 Å². The van der Waals surface area contributed by atoms with Crippen LogP contribution in [-0.2, 0) is 0 Å². The molecular weight excluding hydrogens is 180 g/mol. The van der Waals surface area contributed by atoms with Crippen LogP contribution in [0.5, 0.6) is 0 Å². The van der Waals surface area contributed by atoms with Gasteiger partial charge in [0.25, 0.3) is 0 Å². The second-order valence-corrected chi connectivity index (χ2v) is 3.24. The first-order valence-corrected chi connectivity index (χ1v) is 4.52. The van der Waals surface area contributed by atoms with E-state index >= 15 is 0 Å². The summed E-state index contributed by atoms with van der Waals surface area (Å²) in [5.74, 6) is 0.332. The van der Waals surface area contributed by atoms with Crippen molar-refractivity contribution in [3.8, 4) is 0 Å². The van der Waals surface area contributed by atoms with Gasteiger partial charge in [-0.15, -0.1) is 0 Å². The molecule has 0 radical (unpaired) electrons. The third-order valence-corrected chi connectivity index (χ3v) is 2.10. The highest BCUT2D eigenvalue weighted by Crippen LogP contribution is 2.23. The van der Waals surface area contributed by atoms with Crippen molar-refractivity contribution in [1.82, 2.24) is 0 Å². The Labute approximate surface area is 83.0 Å². The first kappa shape index (κ1) is 10.6. The predicted octanol–water partition coefficient (Wildman–Crippen LogP) is 2.97. The van der Waals surface area contributed by atoms with Gasteiger partial charge in [0, 0.05) is 5.92 Å². The van der Waals surface area contributed by atoms with Gasteiger partial charge in [0.15, 0.2) is 0 Å². The summed E-state index contributed by atoms with van der Waals surface area (Å²) >= 11 is 0. The summed E-state index contributed by atoms with van der Waals surface area (Å²) < 4.78 is 5.36. The van der Waals surface area contributed by atoms with E-state index in [4.69, 9.17) is 9.52 Å². The molecule has 0 aliphatic heterocycles. The summed E-state index contributed by atoms with van der Waals surface area (Å²) in [7, 11) is 0. The minimum Gasteiger partial charge on any atom is -0.478 e. The van der Waals surface area contributed by atoms with Gasteiger partial charge in [-0.05, 0) is 19.9 Å². The van der Waals surface area contributed by atoms with Crippen LogP contribution in [0.1, 0.15) is 41.6 Å². The molecule has 0 saturated carbocycles. The standard InChI is InChI=1S/C11H14O3/c1-4-5-7(2)10-6-9(11(12)13)8(3)14-10/h4-7H,1-3H3,(H,12,13)/b5-4-. The molecule has 0 aliphatic carbocycles. The first-order chi connectivity index (χ1) is 6.56. The average Bonchev–Trinajstić information content (AvgIpc) is 2.48.